The van der Waals surface area contributed by atoms with Crippen molar-refractivity contribution in [2.24, 2.45) is 0 Å². The third-order valence-electron chi connectivity index (χ3n) is 1.84. The molecule has 5 nitrogen and oxygen atoms in total. The van der Waals surface area contributed by atoms with E-state index in [0.29, 0.717) is 18.0 Å². The van der Waals surface area contributed by atoms with Gasteiger partial charge in [-0.3, -0.25) is 4.79 Å². The normalized spacial score (nSPS) is 12.1. The van der Waals surface area contributed by atoms with E-state index >= 15 is 0 Å². The van der Waals surface area contributed by atoms with Crippen LogP contribution >= 0.6 is 0 Å². The van der Waals surface area contributed by atoms with Crippen molar-refractivity contribution in [1.29, 1.82) is 0 Å². The van der Waals surface area contributed by atoms with Crippen LogP contribution in [0.5, 0.6) is 0 Å². The van der Waals surface area contributed by atoms with Crippen LogP contribution in [0.4, 0.5) is 5.82 Å². The first-order chi connectivity index (χ1) is 7.13. The highest BCUT2D eigenvalue weighted by molar-refractivity contribution is 5.94. The number of rotatable bonds is 4. The second kappa shape index (κ2) is 5.31. The quantitative estimate of drug-likeness (QED) is 0.753. The van der Waals surface area contributed by atoms with Gasteiger partial charge in [0.25, 0.3) is 5.91 Å². The van der Waals surface area contributed by atoms with Crippen LogP contribution in [-0.4, -0.2) is 30.6 Å². The van der Waals surface area contributed by atoms with Crippen LogP contribution in [0.3, 0.4) is 0 Å². The minimum absolute atomic E-state index is 0.0277. The maximum atomic E-state index is 11.6. The zero-order valence-electron chi connectivity index (χ0n) is 8.86. The number of anilines is 1. The lowest BCUT2D eigenvalue weighted by Gasteiger charge is -2.12. The molecule has 1 rings (SSSR count). The Morgan fingerprint density at radius 3 is 2.93 bits per heavy atom. The minimum atomic E-state index is -0.174. The minimum Gasteiger partial charge on any atom is -0.384 e. The van der Waals surface area contributed by atoms with Crippen molar-refractivity contribution in [3.8, 4) is 0 Å². The molecule has 5 heteroatoms. The molecule has 0 aliphatic rings. The predicted molar refractivity (Wildman–Crippen MR) is 57.5 cm³/mol. The number of carbonyl (C=O) groups is 1. The number of pyridine rings is 1. The van der Waals surface area contributed by atoms with Gasteiger partial charge in [-0.1, -0.05) is 0 Å². The molecule has 0 saturated carbocycles. The summed E-state index contributed by atoms with van der Waals surface area (Å²) < 4.78 is 4.91. The van der Waals surface area contributed by atoms with Gasteiger partial charge in [0.15, 0.2) is 0 Å². The first kappa shape index (κ1) is 11.5. The molecule has 1 atom stereocenters. The van der Waals surface area contributed by atoms with Gasteiger partial charge in [0.05, 0.1) is 12.2 Å². The van der Waals surface area contributed by atoms with Crippen molar-refractivity contribution >= 4 is 11.7 Å². The Labute approximate surface area is 88.6 Å². The van der Waals surface area contributed by atoms with Crippen molar-refractivity contribution in [2.75, 3.05) is 19.5 Å². The first-order valence-corrected chi connectivity index (χ1v) is 4.65. The Morgan fingerprint density at radius 2 is 2.40 bits per heavy atom. The topological polar surface area (TPSA) is 77.2 Å². The number of methoxy groups -OCH3 is 1. The number of hydrogen-bond donors (Lipinski definition) is 2. The van der Waals surface area contributed by atoms with Gasteiger partial charge < -0.3 is 15.8 Å². The Morgan fingerprint density at radius 1 is 1.67 bits per heavy atom. The Kier molecular flexibility index (Phi) is 4.05. The van der Waals surface area contributed by atoms with Gasteiger partial charge in [-0.2, -0.15) is 0 Å². The van der Waals surface area contributed by atoms with Crippen LogP contribution in [0.1, 0.15) is 17.3 Å². The van der Waals surface area contributed by atoms with Crippen LogP contribution in [0, 0.1) is 0 Å². The number of aromatic nitrogens is 1. The SMILES string of the molecule is COCC(C)NC(=O)c1ccc(N)nc1. The molecule has 1 unspecified atom stereocenters. The van der Waals surface area contributed by atoms with Crippen LogP contribution in [0.2, 0.25) is 0 Å². The van der Waals surface area contributed by atoms with Crippen molar-refractivity contribution in [3.05, 3.63) is 23.9 Å². The van der Waals surface area contributed by atoms with Gasteiger partial charge >= 0.3 is 0 Å². The Hall–Kier alpha value is -1.62. The maximum Gasteiger partial charge on any atom is 0.253 e. The molecular formula is C10H15N3O2. The third-order valence-corrected chi connectivity index (χ3v) is 1.84. The summed E-state index contributed by atoms with van der Waals surface area (Å²) in [5.41, 5.74) is 5.91. The van der Waals surface area contributed by atoms with Crippen molar-refractivity contribution in [2.45, 2.75) is 13.0 Å². The van der Waals surface area contributed by atoms with Crippen LogP contribution in [-0.2, 0) is 4.74 Å². The first-order valence-electron chi connectivity index (χ1n) is 4.65. The smallest absolute Gasteiger partial charge is 0.253 e. The van der Waals surface area contributed by atoms with Gasteiger partial charge in [-0.15, -0.1) is 0 Å². The van der Waals surface area contributed by atoms with Crippen molar-refractivity contribution in [3.63, 3.8) is 0 Å². The van der Waals surface area contributed by atoms with E-state index in [1.165, 1.54) is 6.20 Å². The molecule has 1 aromatic heterocycles. The highest BCUT2D eigenvalue weighted by atomic mass is 16.5. The van der Waals surface area contributed by atoms with E-state index in [0.717, 1.165) is 0 Å². The van der Waals surface area contributed by atoms with Gasteiger partial charge in [0, 0.05) is 19.3 Å². The fourth-order valence-electron chi connectivity index (χ4n) is 1.14. The number of nitrogens with one attached hydrogen (secondary N) is 1. The molecule has 0 aromatic carbocycles. The summed E-state index contributed by atoms with van der Waals surface area (Å²) in [5, 5.41) is 2.77. The summed E-state index contributed by atoms with van der Waals surface area (Å²) >= 11 is 0. The van der Waals surface area contributed by atoms with E-state index in [1.807, 2.05) is 6.92 Å². The number of nitrogens with zero attached hydrogens (tertiary/aromatic N) is 1. The average Bonchev–Trinajstić information content (AvgIpc) is 2.18. The summed E-state index contributed by atoms with van der Waals surface area (Å²) in [6, 6.07) is 3.20. The van der Waals surface area contributed by atoms with E-state index in [2.05, 4.69) is 10.3 Å². The molecule has 0 bridgehead atoms. The molecule has 82 valence electrons. The largest absolute Gasteiger partial charge is 0.384 e. The van der Waals surface area contributed by atoms with Gasteiger partial charge in [-0.25, -0.2) is 4.98 Å². The fourth-order valence-corrected chi connectivity index (χ4v) is 1.14. The number of carbonyl (C=O) groups excluding carboxylic acids is 1. The zero-order chi connectivity index (χ0) is 11.3. The van der Waals surface area contributed by atoms with Gasteiger partial charge in [-0.05, 0) is 19.1 Å². The summed E-state index contributed by atoms with van der Waals surface area (Å²) in [4.78, 5) is 15.4. The van der Waals surface area contributed by atoms with Crippen LogP contribution < -0.4 is 11.1 Å². The van der Waals surface area contributed by atoms with Gasteiger partial charge in [0.1, 0.15) is 5.82 Å². The number of nitrogens with two attached hydrogens (primary N) is 1. The number of amides is 1. The Bertz CT molecular complexity index is 324. The molecule has 0 aliphatic heterocycles. The lowest BCUT2D eigenvalue weighted by Crippen LogP contribution is -2.35. The zero-order valence-corrected chi connectivity index (χ0v) is 8.86. The molecule has 1 amide bonds. The van der Waals surface area contributed by atoms with E-state index in [4.69, 9.17) is 10.5 Å². The van der Waals surface area contributed by atoms with E-state index in [-0.39, 0.29) is 11.9 Å². The molecule has 3 N–H and O–H groups in total. The Balaban J connectivity index is 2.57. The number of ether oxygens (including phenoxy) is 1. The summed E-state index contributed by atoms with van der Waals surface area (Å²) in [6.45, 7) is 2.35. The summed E-state index contributed by atoms with van der Waals surface area (Å²) in [7, 11) is 1.59. The molecule has 0 spiro atoms. The molecule has 0 radical (unpaired) electrons. The maximum absolute atomic E-state index is 11.6. The van der Waals surface area contributed by atoms with Crippen molar-refractivity contribution < 1.29 is 9.53 Å². The highest BCUT2D eigenvalue weighted by Gasteiger charge is 2.09. The molecule has 15 heavy (non-hydrogen) atoms. The lowest BCUT2D eigenvalue weighted by atomic mass is 10.2. The number of hydrogen-bond acceptors (Lipinski definition) is 4. The molecule has 0 saturated heterocycles. The summed E-state index contributed by atoms with van der Waals surface area (Å²) in [5.74, 6) is 0.225. The fraction of sp³-hybridized carbons (Fsp3) is 0.400. The number of nitrogen functional groups attached to an aromatic ring is 1. The van der Waals surface area contributed by atoms with E-state index < -0.39 is 0 Å². The molecule has 0 aliphatic carbocycles. The third kappa shape index (κ3) is 3.55. The molecular weight excluding hydrogens is 194 g/mol. The van der Waals surface area contributed by atoms with Crippen LogP contribution in [0.15, 0.2) is 18.3 Å². The highest BCUT2D eigenvalue weighted by Crippen LogP contribution is 2.01. The molecule has 1 heterocycles. The predicted octanol–water partition coefficient (Wildman–Crippen LogP) is 0.429. The molecule has 1 aromatic rings. The van der Waals surface area contributed by atoms with E-state index in [1.54, 1.807) is 19.2 Å². The lowest BCUT2D eigenvalue weighted by molar-refractivity contribution is 0.0905. The second-order valence-electron chi connectivity index (χ2n) is 3.30. The average molecular weight is 209 g/mol. The van der Waals surface area contributed by atoms with Gasteiger partial charge in [0.2, 0.25) is 0 Å². The standard InChI is InChI=1S/C10H15N3O2/c1-7(6-15-2)13-10(14)8-3-4-9(11)12-5-8/h3-5,7H,6H2,1-2H3,(H2,11,12)(H,13,14). The van der Waals surface area contributed by atoms with E-state index in [9.17, 15) is 4.79 Å². The summed E-state index contributed by atoms with van der Waals surface area (Å²) in [6.07, 6.45) is 1.45. The second-order valence-corrected chi connectivity index (χ2v) is 3.30. The van der Waals surface area contributed by atoms with Crippen molar-refractivity contribution in [1.82, 2.24) is 10.3 Å². The monoisotopic (exact) mass is 209 g/mol. The van der Waals surface area contributed by atoms with Crippen LogP contribution in [0.25, 0.3) is 0 Å². The molecule has 0 fully saturated rings.